The lowest BCUT2D eigenvalue weighted by Gasteiger charge is -2.68. The highest BCUT2D eigenvalue weighted by Crippen LogP contribution is 2.57. The number of rotatable bonds is 1. The average molecular weight is 239 g/mol. The standard InChI is InChI=1S/C16H33N/c1-12(2)17-15(7,8)13(3,4)11-14(5,6)16(17,9)10/h12H,11H2,1-10H3. The summed E-state index contributed by atoms with van der Waals surface area (Å²) in [5.74, 6) is 0. The van der Waals surface area contributed by atoms with Gasteiger partial charge in [-0.1, -0.05) is 27.7 Å². The van der Waals surface area contributed by atoms with Crippen molar-refractivity contribution in [1.29, 1.82) is 0 Å². The lowest BCUT2D eigenvalue weighted by atomic mass is 9.53. The molecule has 0 amide bonds. The van der Waals surface area contributed by atoms with Crippen LogP contribution in [-0.4, -0.2) is 22.0 Å². The zero-order valence-electron chi connectivity index (χ0n) is 13.7. The van der Waals surface area contributed by atoms with Gasteiger partial charge in [-0.3, -0.25) is 4.90 Å². The molecule has 1 aliphatic heterocycles. The van der Waals surface area contributed by atoms with E-state index in [1.54, 1.807) is 0 Å². The largest absolute Gasteiger partial charge is 0.290 e. The van der Waals surface area contributed by atoms with Crippen LogP contribution in [0.2, 0.25) is 0 Å². The molecular formula is C16H33N. The molecule has 1 nitrogen and oxygen atoms in total. The van der Waals surface area contributed by atoms with Gasteiger partial charge in [0.05, 0.1) is 0 Å². The maximum absolute atomic E-state index is 2.74. The second-order valence-electron chi connectivity index (χ2n) is 8.53. The summed E-state index contributed by atoms with van der Waals surface area (Å²) in [6, 6.07) is 0.582. The molecule has 1 saturated heterocycles. The monoisotopic (exact) mass is 239 g/mol. The molecule has 0 radical (unpaired) electrons. The SMILES string of the molecule is CC(C)N1C(C)(C)C(C)(C)CC(C)(C)C1(C)C. The molecule has 0 bridgehead atoms. The molecule has 102 valence electrons. The van der Waals surface area contributed by atoms with E-state index in [0.717, 1.165) is 0 Å². The third kappa shape index (κ3) is 1.95. The molecule has 1 heterocycles. The molecular weight excluding hydrogens is 206 g/mol. The molecule has 0 aromatic heterocycles. The van der Waals surface area contributed by atoms with Gasteiger partial charge in [-0.2, -0.15) is 0 Å². The van der Waals surface area contributed by atoms with Gasteiger partial charge in [0.2, 0.25) is 0 Å². The second-order valence-corrected chi connectivity index (χ2v) is 8.53. The molecule has 0 unspecified atom stereocenters. The Morgan fingerprint density at radius 3 is 1.24 bits per heavy atom. The average Bonchev–Trinajstić information content (AvgIpc) is 1.96. The van der Waals surface area contributed by atoms with E-state index in [-0.39, 0.29) is 11.1 Å². The van der Waals surface area contributed by atoms with Crippen LogP contribution in [0.15, 0.2) is 0 Å². The molecule has 0 aromatic carbocycles. The topological polar surface area (TPSA) is 3.24 Å². The van der Waals surface area contributed by atoms with Crippen LogP contribution in [0, 0.1) is 10.8 Å². The van der Waals surface area contributed by atoms with Crippen molar-refractivity contribution in [2.75, 3.05) is 0 Å². The van der Waals surface area contributed by atoms with E-state index in [2.05, 4.69) is 74.1 Å². The lowest BCUT2D eigenvalue weighted by molar-refractivity contribution is -0.181. The molecule has 17 heavy (non-hydrogen) atoms. The highest BCUT2D eigenvalue weighted by atomic mass is 15.3. The molecule has 0 saturated carbocycles. The molecule has 0 aromatic rings. The quantitative estimate of drug-likeness (QED) is 0.640. The Kier molecular flexibility index (Phi) is 3.29. The number of likely N-dealkylation sites (tertiary alicyclic amines) is 1. The van der Waals surface area contributed by atoms with Gasteiger partial charge in [0.25, 0.3) is 0 Å². The van der Waals surface area contributed by atoms with Gasteiger partial charge in [-0.05, 0) is 58.8 Å². The maximum Gasteiger partial charge on any atom is 0.0212 e. The van der Waals surface area contributed by atoms with Crippen molar-refractivity contribution < 1.29 is 0 Å². The molecule has 0 N–H and O–H groups in total. The van der Waals surface area contributed by atoms with Gasteiger partial charge in [-0.15, -0.1) is 0 Å². The molecule has 0 aliphatic carbocycles. The van der Waals surface area contributed by atoms with Gasteiger partial charge in [-0.25, -0.2) is 0 Å². The summed E-state index contributed by atoms with van der Waals surface area (Å²) < 4.78 is 0. The minimum atomic E-state index is 0.236. The number of piperidine rings is 1. The van der Waals surface area contributed by atoms with Crippen LogP contribution >= 0.6 is 0 Å². The second kappa shape index (κ2) is 3.73. The predicted molar refractivity (Wildman–Crippen MR) is 77.3 cm³/mol. The van der Waals surface area contributed by atoms with Crippen LogP contribution in [0.3, 0.4) is 0 Å². The molecule has 1 aliphatic rings. The van der Waals surface area contributed by atoms with Crippen molar-refractivity contribution in [3.63, 3.8) is 0 Å². The Morgan fingerprint density at radius 2 is 1.00 bits per heavy atom. The summed E-state index contributed by atoms with van der Waals surface area (Å²) in [7, 11) is 0. The minimum absolute atomic E-state index is 0.236. The van der Waals surface area contributed by atoms with Crippen LogP contribution in [0.4, 0.5) is 0 Å². The van der Waals surface area contributed by atoms with E-state index in [9.17, 15) is 0 Å². The fourth-order valence-electron chi connectivity index (χ4n) is 4.18. The summed E-state index contributed by atoms with van der Waals surface area (Å²) in [6.45, 7) is 24.1. The Hall–Kier alpha value is -0.0400. The third-order valence-corrected chi connectivity index (χ3v) is 5.92. The Bertz CT molecular complexity index is 269. The van der Waals surface area contributed by atoms with Gasteiger partial charge in [0, 0.05) is 17.1 Å². The minimum Gasteiger partial charge on any atom is -0.290 e. The molecule has 0 spiro atoms. The first-order valence-electron chi connectivity index (χ1n) is 7.07. The molecule has 1 heteroatoms. The van der Waals surface area contributed by atoms with Crippen molar-refractivity contribution in [2.45, 2.75) is 92.8 Å². The van der Waals surface area contributed by atoms with Gasteiger partial charge >= 0.3 is 0 Å². The van der Waals surface area contributed by atoms with Crippen LogP contribution < -0.4 is 0 Å². The predicted octanol–water partition coefficient (Wildman–Crippen LogP) is 4.71. The maximum atomic E-state index is 2.74. The molecule has 1 rings (SSSR count). The van der Waals surface area contributed by atoms with E-state index < -0.39 is 0 Å². The van der Waals surface area contributed by atoms with Crippen molar-refractivity contribution in [1.82, 2.24) is 4.90 Å². The smallest absolute Gasteiger partial charge is 0.0212 e. The van der Waals surface area contributed by atoms with Crippen LogP contribution in [0.5, 0.6) is 0 Å². The van der Waals surface area contributed by atoms with E-state index in [4.69, 9.17) is 0 Å². The molecule has 1 fully saturated rings. The normalized spacial score (nSPS) is 30.5. The van der Waals surface area contributed by atoms with Crippen molar-refractivity contribution in [3.05, 3.63) is 0 Å². The Labute approximate surface area is 109 Å². The summed E-state index contributed by atoms with van der Waals surface area (Å²) >= 11 is 0. The highest BCUT2D eigenvalue weighted by Gasteiger charge is 2.59. The first-order chi connectivity index (χ1) is 7.27. The summed E-state index contributed by atoms with van der Waals surface area (Å²) in [5.41, 5.74) is 1.16. The van der Waals surface area contributed by atoms with Gasteiger partial charge in [0.15, 0.2) is 0 Å². The van der Waals surface area contributed by atoms with Gasteiger partial charge in [0.1, 0.15) is 0 Å². The summed E-state index contributed by atoms with van der Waals surface area (Å²) in [5, 5.41) is 0. The fourth-order valence-corrected chi connectivity index (χ4v) is 4.18. The number of nitrogens with zero attached hydrogens (tertiary/aromatic N) is 1. The number of hydrogen-bond acceptors (Lipinski definition) is 1. The first-order valence-corrected chi connectivity index (χ1v) is 7.07. The van der Waals surface area contributed by atoms with Crippen LogP contribution in [0.1, 0.15) is 75.7 Å². The van der Waals surface area contributed by atoms with Crippen LogP contribution in [-0.2, 0) is 0 Å². The Balaban J connectivity index is 3.38. The van der Waals surface area contributed by atoms with E-state index in [1.165, 1.54) is 6.42 Å². The highest BCUT2D eigenvalue weighted by molar-refractivity contribution is 5.13. The Morgan fingerprint density at radius 1 is 0.706 bits per heavy atom. The summed E-state index contributed by atoms with van der Waals surface area (Å²) in [4.78, 5) is 2.74. The molecule has 0 atom stereocenters. The third-order valence-electron chi connectivity index (χ3n) is 5.92. The zero-order valence-corrected chi connectivity index (χ0v) is 13.7. The van der Waals surface area contributed by atoms with Crippen LogP contribution in [0.25, 0.3) is 0 Å². The summed E-state index contributed by atoms with van der Waals surface area (Å²) in [6.07, 6.45) is 1.28. The number of hydrogen-bond donors (Lipinski definition) is 0. The van der Waals surface area contributed by atoms with Crippen molar-refractivity contribution >= 4 is 0 Å². The van der Waals surface area contributed by atoms with Gasteiger partial charge < -0.3 is 0 Å². The lowest BCUT2D eigenvalue weighted by Crippen LogP contribution is -2.73. The van der Waals surface area contributed by atoms with E-state index in [0.29, 0.717) is 16.9 Å². The van der Waals surface area contributed by atoms with E-state index in [1.807, 2.05) is 0 Å². The zero-order chi connectivity index (χ0) is 13.9. The first kappa shape index (κ1) is 15.0. The van der Waals surface area contributed by atoms with Crippen molar-refractivity contribution in [2.24, 2.45) is 10.8 Å². The van der Waals surface area contributed by atoms with E-state index >= 15 is 0 Å². The van der Waals surface area contributed by atoms with Crippen molar-refractivity contribution in [3.8, 4) is 0 Å². The fraction of sp³-hybridized carbons (Fsp3) is 1.00.